The first kappa shape index (κ1) is 11.4. The second-order valence-corrected chi connectivity index (χ2v) is 4.14. The quantitative estimate of drug-likeness (QED) is 0.670. The summed E-state index contributed by atoms with van der Waals surface area (Å²) in [5, 5.41) is 3.68. The molecule has 0 aliphatic heterocycles. The second kappa shape index (κ2) is 4.89. The molecule has 0 atom stereocenters. The highest BCUT2D eigenvalue weighted by molar-refractivity contribution is 5.71. The van der Waals surface area contributed by atoms with E-state index in [1.54, 1.807) is 23.3 Å². The largest absolute Gasteiger partial charge is 0.356 e. The average molecular weight is 253 g/mol. The molecule has 3 rings (SSSR count). The van der Waals surface area contributed by atoms with Gasteiger partial charge in [-0.3, -0.25) is 4.79 Å². The Morgan fingerprint density at radius 2 is 2.05 bits per heavy atom. The third-order valence-corrected chi connectivity index (χ3v) is 2.89. The maximum atomic E-state index is 10.8. The van der Waals surface area contributed by atoms with Crippen LogP contribution >= 0.6 is 0 Å². The molecule has 5 nitrogen and oxygen atoms in total. The highest BCUT2D eigenvalue weighted by Gasteiger charge is 2.04. The molecule has 0 saturated carbocycles. The molecule has 0 N–H and O–H groups in total. The van der Waals surface area contributed by atoms with Crippen molar-refractivity contribution in [1.29, 1.82) is 0 Å². The van der Waals surface area contributed by atoms with Gasteiger partial charge in [-0.25, -0.2) is 4.98 Å². The molecule has 5 heteroatoms. The van der Waals surface area contributed by atoms with Crippen molar-refractivity contribution in [3.63, 3.8) is 0 Å². The van der Waals surface area contributed by atoms with Crippen molar-refractivity contribution in [2.45, 2.75) is 6.54 Å². The zero-order valence-corrected chi connectivity index (χ0v) is 10.1. The summed E-state index contributed by atoms with van der Waals surface area (Å²) in [5.74, 6) is 0.739. The molecule has 0 radical (unpaired) electrons. The van der Waals surface area contributed by atoms with Crippen LogP contribution < -0.4 is 0 Å². The molecule has 0 spiro atoms. The smallest absolute Gasteiger partial charge is 0.168 e. The number of benzene rings is 1. The number of aromatic nitrogens is 3. The summed E-state index contributed by atoms with van der Waals surface area (Å²) in [6, 6.07) is 9.73. The van der Waals surface area contributed by atoms with Gasteiger partial charge in [-0.15, -0.1) is 0 Å². The summed E-state index contributed by atoms with van der Waals surface area (Å²) < 4.78 is 6.89. The van der Waals surface area contributed by atoms with E-state index < -0.39 is 0 Å². The molecule has 0 amide bonds. The van der Waals surface area contributed by atoms with Crippen LogP contribution in [-0.2, 0) is 6.54 Å². The molecule has 0 aliphatic carbocycles. The minimum atomic E-state index is 0.569. The zero-order valence-electron chi connectivity index (χ0n) is 10.1. The molecule has 0 saturated heterocycles. The number of aldehydes is 1. The topological polar surface area (TPSA) is 60.9 Å². The summed E-state index contributed by atoms with van der Waals surface area (Å²) in [7, 11) is 0. The lowest BCUT2D eigenvalue weighted by molar-refractivity contribution is 0.111. The van der Waals surface area contributed by atoms with E-state index in [4.69, 9.17) is 4.52 Å². The average Bonchev–Trinajstić information content (AvgIpc) is 3.10. The zero-order chi connectivity index (χ0) is 13.1. The van der Waals surface area contributed by atoms with Gasteiger partial charge in [0.15, 0.2) is 12.0 Å². The fourth-order valence-electron chi connectivity index (χ4n) is 1.90. The van der Waals surface area contributed by atoms with E-state index in [1.165, 1.54) is 0 Å². The molecule has 1 aromatic carbocycles. The Morgan fingerprint density at radius 1 is 1.21 bits per heavy atom. The van der Waals surface area contributed by atoms with Crippen molar-refractivity contribution in [1.82, 2.24) is 14.7 Å². The van der Waals surface area contributed by atoms with E-state index in [0.717, 1.165) is 23.2 Å². The highest BCUT2D eigenvalue weighted by Crippen LogP contribution is 2.19. The van der Waals surface area contributed by atoms with Crippen LogP contribution in [0.5, 0.6) is 0 Å². The minimum Gasteiger partial charge on any atom is -0.356 e. The van der Waals surface area contributed by atoms with Crippen LogP contribution in [-0.4, -0.2) is 21.0 Å². The molecular formula is C14H11N3O2. The number of hydrogen-bond acceptors (Lipinski definition) is 4. The second-order valence-electron chi connectivity index (χ2n) is 4.14. The summed E-state index contributed by atoms with van der Waals surface area (Å²) in [6.45, 7) is 0.616. The van der Waals surface area contributed by atoms with Crippen LogP contribution in [0.4, 0.5) is 0 Å². The maximum Gasteiger partial charge on any atom is 0.168 e. The number of carbonyl (C=O) groups excluding carboxylic acids is 1. The van der Waals surface area contributed by atoms with Crippen LogP contribution in [0.2, 0.25) is 0 Å². The molecule has 0 unspecified atom stereocenters. The van der Waals surface area contributed by atoms with Crippen LogP contribution in [0.3, 0.4) is 0 Å². The third kappa shape index (κ3) is 2.30. The van der Waals surface area contributed by atoms with Gasteiger partial charge in [0, 0.05) is 18.2 Å². The Morgan fingerprint density at radius 3 is 2.74 bits per heavy atom. The van der Waals surface area contributed by atoms with Gasteiger partial charge in [0.25, 0.3) is 0 Å². The van der Waals surface area contributed by atoms with Gasteiger partial charge < -0.3 is 9.09 Å². The number of nitrogens with zero attached hydrogens (tertiary/aromatic N) is 3. The first-order chi connectivity index (χ1) is 9.36. The predicted molar refractivity (Wildman–Crippen MR) is 68.7 cm³/mol. The van der Waals surface area contributed by atoms with Crippen molar-refractivity contribution >= 4 is 6.29 Å². The number of carbonyl (C=O) groups is 1. The van der Waals surface area contributed by atoms with Gasteiger partial charge in [-0.1, -0.05) is 29.4 Å². The lowest BCUT2D eigenvalue weighted by atomic mass is 10.1. The fourth-order valence-corrected chi connectivity index (χ4v) is 1.90. The van der Waals surface area contributed by atoms with Crippen molar-refractivity contribution in [3.8, 4) is 11.3 Å². The summed E-state index contributed by atoms with van der Waals surface area (Å²) in [5.41, 5.74) is 2.63. The highest BCUT2D eigenvalue weighted by atomic mass is 16.5. The minimum absolute atomic E-state index is 0.569. The van der Waals surface area contributed by atoms with Gasteiger partial charge in [0.05, 0.1) is 18.7 Å². The summed E-state index contributed by atoms with van der Waals surface area (Å²) >= 11 is 0. The van der Waals surface area contributed by atoms with E-state index >= 15 is 0 Å². The van der Waals surface area contributed by atoms with Crippen molar-refractivity contribution < 1.29 is 9.32 Å². The standard InChI is InChI=1S/C14H11N3O2/c18-9-13-7-15-10-17(13)8-11-1-3-12(4-2-11)14-5-6-16-19-14/h1-7,9-10H,8H2. The first-order valence-electron chi connectivity index (χ1n) is 5.82. The Hall–Kier alpha value is -2.69. The van der Waals surface area contributed by atoms with Gasteiger partial charge >= 0.3 is 0 Å². The van der Waals surface area contributed by atoms with Crippen molar-refractivity contribution in [2.75, 3.05) is 0 Å². The van der Waals surface area contributed by atoms with E-state index in [1.807, 2.05) is 30.3 Å². The summed E-state index contributed by atoms with van der Waals surface area (Å²) in [6.07, 6.45) is 5.62. The molecule has 0 fully saturated rings. The molecular weight excluding hydrogens is 242 g/mol. The Bertz CT molecular complexity index is 669. The summed E-state index contributed by atoms with van der Waals surface area (Å²) in [4.78, 5) is 14.8. The molecule has 19 heavy (non-hydrogen) atoms. The number of rotatable bonds is 4. The third-order valence-electron chi connectivity index (χ3n) is 2.89. The van der Waals surface area contributed by atoms with Gasteiger partial charge in [0.1, 0.15) is 5.69 Å². The van der Waals surface area contributed by atoms with Crippen molar-refractivity contribution in [3.05, 3.63) is 60.3 Å². The Balaban J connectivity index is 1.82. The van der Waals surface area contributed by atoms with Gasteiger partial charge in [-0.2, -0.15) is 0 Å². The normalized spacial score (nSPS) is 10.5. The van der Waals surface area contributed by atoms with Crippen LogP contribution in [0.25, 0.3) is 11.3 Å². The first-order valence-corrected chi connectivity index (χ1v) is 5.82. The Kier molecular flexibility index (Phi) is 2.94. The molecule has 3 aromatic rings. The lowest BCUT2D eigenvalue weighted by Gasteiger charge is -2.05. The van der Waals surface area contributed by atoms with E-state index in [2.05, 4.69) is 10.1 Å². The van der Waals surface area contributed by atoms with E-state index in [-0.39, 0.29) is 0 Å². The molecule has 0 aliphatic rings. The predicted octanol–water partition coefficient (Wildman–Crippen LogP) is 2.40. The monoisotopic (exact) mass is 253 g/mol. The van der Waals surface area contributed by atoms with Gasteiger partial charge in [-0.05, 0) is 5.56 Å². The molecule has 94 valence electrons. The van der Waals surface area contributed by atoms with E-state index in [0.29, 0.717) is 12.2 Å². The molecule has 2 heterocycles. The maximum absolute atomic E-state index is 10.8. The Labute approximate surface area is 109 Å². The SMILES string of the molecule is O=Cc1cncn1Cc1ccc(-c2ccno2)cc1. The van der Waals surface area contributed by atoms with E-state index in [9.17, 15) is 4.79 Å². The number of hydrogen-bond donors (Lipinski definition) is 0. The molecule has 0 bridgehead atoms. The lowest BCUT2D eigenvalue weighted by Crippen LogP contribution is -2.02. The molecule has 2 aromatic heterocycles. The number of imidazole rings is 1. The van der Waals surface area contributed by atoms with Crippen LogP contribution in [0.1, 0.15) is 16.1 Å². The van der Waals surface area contributed by atoms with Crippen molar-refractivity contribution in [2.24, 2.45) is 0 Å². The van der Waals surface area contributed by atoms with Crippen LogP contribution in [0.15, 0.2) is 53.6 Å². The fraction of sp³-hybridized carbons (Fsp3) is 0.0714. The van der Waals surface area contributed by atoms with Gasteiger partial charge in [0.2, 0.25) is 0 Å². The van der Waals surface area contributed by atoms with Crippen LogP contribution in [0, 0.1) is 0 Å².